The van der Waals surface area contributed by atoms with Crippen molar-refractivity contribution in [2.75, 3.05) is 18.4 Å². The summed E-state index contributed by atoms with van der Waals surface area (Å²) in [6, 6.07) is 8.84. The third-order valence-electron chi connectivity index (χ3n) is 4.27. The molecule has 1 aliphatic rings. The zero-order chi connectivity index (χ0) is 18.6. The predicted molar refractivity (Wildman–Crippen MR) is 92.9 cm³/mol. The number of amides is 1. The number of halogens is 3. The standard InChI is InChI=1S/C19H20F3N3O/c20-19(21,22)15-5-1-3-13(11-15)12-17(26)23-10-8-16-7-6-14-4-2-9-24-18(14)25-16/h1,3,5-7,11H,2,4,8-10,12H2,(H,23,26)(H,24,25). The van der Waals surface area contributed by atoms with E-state index < -0.39 is 11.7 Å². The lowest BCUT2D eigenvalue weighted by Gasteiger charge is -2.17. The second-order valence-corrected chi connectivity index (χ2v) is 6.32. The van der Waals surface area contributed by atoms with Crippen LogP contribution in [0, 0.1) is 0 Å². The molecule has 3 rings (SSSR count). The molecule has 0 fully saturated rings. The molecule has 1 amide bonds. The summed E-state index contributed by atoms with van der Waals surface area (Å²) in [4.78, 5) is 16.5. The summed E-state index contributed by atoms with van der Waals surface area (Å²) in [5, 5.41) is 6.00. The summed E-state index contributed by atoms with van der Waals surface area (Å²) >= 11 is 0. The molecule has 2 aromatic rings. The SMILES string of the molecule is O=C(Cc1cccc(C(F)(F)F)c1)NCCc1ccc2c(n1)NCCC2. The van der Waals surface area contributed by atoms with Crippen molar-refractivity contribution in [3.05, 3.63) is 58.8 Å². The predicted octanol–water partition coefficient (Wildman–Crippen LogP) is 3.36. The smallest absolute Gasteiger partial charge is 0.370 e. The molecule has 26 heavy (non-hydrogen) atoms. The van der Waals surface area contributed by atoms with Crippen molar-refractivity contribution in [1.82, 2.24) is 10.3 Å². The Morgan fingerprint density at radius 1 is 1.23 bits per heavy atom. The molecule has 0 bridgehead atoms. The molecule has 0 saturated carbocycles. The van der Waals surface area contributed by atoms with Crippen LogP contribution in [0.4, 0.5) is 19.0 Å². The first-order chi connectivity index (χ1) is 12.4. The van der Waals surface area contributed by atoms with E-state index in [9.17, 15) is 18.0 Å². The summed E-state index contributed by atoms with van der Waals surface area (Å²) in [5.74, 6) is 0.601. The lowest BCUT2D eigenvalue weighted by atomic mass is 10.1. The fourth-order valence-electron chi connectivity index (χ4n) is 2.94. The quantitative estimate of drug-likeness (QED) is 0.857. The van der Waals surface area contributed by atoms with Gasteiger partial charge in [-0.05, 0) is 36.1 Å². The van der Waals surface area contributed by atoms with Gasteiger partial charge in [0.2, 0.25) is 5.91 Å². The van der Waals surface area contributed by atoms with Gasteiger partial charge in [-0.15, -0.1) is 0 Å². The van der Waals surface area contributed by atoms with Crippen LogP contribution >= 0.6 is 0 Å². The maximum absolute atomic E-state index is 12.7. The van der Waals surface area contributed by atoms with Crippen LogP contribution in [0.15, 0.2) is 36.4 Å². The zero-order valence-electron chi connectivity index (χ0n) is 14.2. The van der Waals surface area contributed by atoms with E-state index >= 15 is 0 Å². The second kappa shape index (κ2) is 7.76. The number of hydrogen-bond acceptors (Lipinski definition) is 3. The number of pyridine rings is 1. The van der Waals surface area contributed by atoms with Crippen LogP contribution in [0.5, 0.6) is 0 Å². The van der Waals surface area contributed by atoms with Crippen LogP contribution in [-0.4, -0.2) is 24.0 Å². The molecule has 0 spiro atoms. The molecule has 7 heteroatoms. The van der Waals surface area contributed by atoms with Gasteiger partial charge in [0.05, 0.1) is 12.0 Å². The summed E-state index contributed by atoms with van der Waals surface area (Å²) in [6.45, 7) is 1.31. The number of aromatic nitrogens is 1. The molecule has 1 aliphatic heterocycles. The Labute approximate surface area is 149 Å². The Bertz CT molecular complexity index is 790. The van der Waals surface area contributed by atoms with Gasteiger partial charge >= 0.3 is 6.18 Å². The van der Waals surface area contributed by atoms with Gasteiger partial charge in [-0.25, -0.2) is 4.98 Å². The number of hydrogen-bond donors (Lipinski definition) is 2. The number of carbonyl (C=O) groups is 1. The first-order valence-corrected chi connectivity index (χ1v) is 8.57. The van der Waals surface area contributed by atoms with Crippen molar-refractivity contribution in [1.29, 1.82) is 0 Å². The number of nitrogens with zero attached hydrogens (tertiary/aromatic N) is 1. The molecule has 1 aromatic heterocycles. The van der Waals surface area contributed by atoms with Crippen LogP contribution in [0.25, 0.3) is 0 Å². The number of carbonyl (C=O) groups excluding carboxylic acids is 1. The van der Waals surface area contributed by atoms with E-state index in [0.29, 0.717) is 18.5 Å². The fraction of sp³-hybridized carbons (Fsp3) is 0.368. The Morgan fingerprint density at radius 3 is 2.88 bits per heavy atom. The minimum atomic E-state index is -4.40. The highest BCUT2D eigenvalue weighted by molar-refractivity contribution is 5.78. The van der Waals surface area contributed by atoms with Crippen LogP contribution < -0.4 is 10.6 Å². The van der Waals surface area contributed by atoms with E-state index in [4.69, 9.17) is 0 Å². The molecule has 0 atom stereocenters. The van der Waals surface area contributed by atoms with Gasteiger partial charge in [0.15, 0.2) is 0 Å². The molecule has 1 aromatic carbocycles. The summed E-state index contributed by atoms with van der Waals surface area (Å²) in [7, 11) is 0. The van der Waals surface area contributed by atoms with Gasteiger partial charge in [0.25, 0.3) is 0 Å². The van der Waals surface area contributed by atoms with Gasteiger partial charge in [0.1, 0.15) is 5.82 Å². The van der Waals surface area contributed by atoms with Crippen LogP contribution in [0.2, 0.25) is 0 Å². The van der Waals surface area contributed by atoms with Crippen LogP contribution in [0.3, 0.4) is 0 Å². The average Bonchev–Trinajstić information content (AvgIpc) is 2.61. The van der Waals surface area contributed by atoms with Crippen molar-refractivity contribution in [3.8, 4) is 0 Å². The van der Waals surface area contributed by atoms with Crippen molar-refractivity contribution in [2.24, 2.45) is 0 Å². The number of nitrogens with one attached hydrogen (secondary N) is 2. The van der Waals surface area contributed by atoms with Crippen LogP contribution in [0.1, 0.15) is 28.8 Å². The van der Waals surface area contributed by atoms with Gasteiger partial charge in [-0.1, -0.05) is 24.3 Å². The second-order valence-electron chi connectivity index (χ2n) is 6.32. The normalized spacial score (nSPS) is 13.7. The van der Waals surface area contributed by atoms with Gasteiger partial charge in [-0.2, -0.15) is 13.2 Å². The summed E-state index contributed by atoms with van der Waals surface area (Å²) in [5.41, 5.74) is 1.67. The molecular weight excluding hydrogens is 343 g/mol. The number of anilines is 1. The first kappa shape index (κ1) is 18.2. The highest BCUT2D eigenvalue weighted by Crippen LogP contribution is 2.29. The topological polar surface area (TPSA) is 54.0 Å². The lowest BCUT2D eigenvalue weighted by molar-refractivity contribution is -0.137. The van der Waals surface area contributed by atoms with Crippen molar-refractivity contribution in [3.63, 3.8) is 0 Å². The van der Waals surface area contributed by atoms with Gasteiger partial charge in [0, 0.05) is 25.2 Å². The molecule has 2 N–H and O–H groups in total. The third-order valence-corrected chi connectivity index (χ3v) is 4.27. The molecule has 138 valence electrons. The minimum absolute atomic E-state index is 0.0803. The molecule has 4 nitrogen and oxygen atoms in total. The Morgan fingerprint density at radius 2 is 2.08 bits per heavy atom. The van der Waals surface area contributed by atoms with E-state index in [1.807, 2.05) is 12.1 Å². The zero-order valence-corrected chi connectivity index (χ0v) is 14.2. The third kappa shape index (κ3) is 4.74. The largest absolute Gasteiger partial charge is 0.416 e. The van der Waals surface area contributed by atoms with Crippen molar-refractivity contribution >= 4 is 11.7 Å². The van der Waals surface area contributed by atoms with Crippen molar-refractivity contribution in [2.45, 2.75) is 31.9 Å². The summed E-state index contributed by atoms with van der Waals surface area (Å²) < 4.78 is 38.1. The van der Waals surface area contributed by atoms with E-state index in [-0.39, 0.29) is 12.3 Å². The molecule has 2 heterocycles. The van der Waals surface area contributed by atoms with E-state index in [2.05, 4.69) is 15.6 Å². The van der Waals surface area contributed by atoms with Gasteiger partial charge in [-0.3, -0.25) is 4.79 Å². The highest BCUT2D eigenvalue weighted by Gasteiger charge is 2.30. The Kier molecular flexibility index (Phi) is 5.44. The van der Waals surface area contributed by atoms with E-state index in [1.54, 1.807) is 0 Å². The molecule has 0 radical (unpaired) electrons. The fourth-order valence-corrected chi connectivity index (χ4v) is 2.94. The minimum Gasteiger partial charge on any atom is -0.370 e. The van der Waals surface area contributed by atoms with Gasteiger partial charge < -0.3 is 10.6 Å². The van der Waals surface area contributed by atoms with Crippen LogP contribution in [-0.2, 0) is 30.2 Å². The molecule has 0 unspecified atom stereocenters. The summed E-state index contributed by atoms with van der Waals surface area (Å²) in [6.07, 6.45) is -1.80. The molecule has 0 saturated heterocycles. The molecule has 0 aliphatic carbocycles. The molecular formula is C19H20F3N3O. The Hall–Kier alpha value is -2.57. The number of benzene rings is 1. The lowest BCUT2D eigenvalue weighted by Crippen LogP contribution is -2.27. The van der Waals surface area contributed by atoms with E-state index in [1.165, 1.54) is 17.7 Å². The maximum Gasteiger partial charge on any atom is 0.416 e. The van der Waals surface area contributed by atoms with E-state index in [0.717, 1.165) is 43.0 Å². The Balaban J connectivity index is 1.50. The monoisotopic (exact) mass is 363 g/mol. The maximum atomic E-state index is 12.7. The van der Waals surface area contributed by atoms with Crippen molar-refractivity contribution < 1.29 is 18.0 Å². The first-order valence-electron chi connectivity index (χ1n) is 8.57. The number of alkyl halides is 3. The average molecular weight is 363 g/mol. The number of aryl methyl sites for hydroxylation is 1. The number of fused-ring (bicyclic) bond motifs is 1. The highest BCUT2D eigenvalue weighted by atomic mass is 19.4. The number of rotatable bonds is 5.